The Morgan fingerprint density at radius 2 is 1.31 bits per heavy atom. The van der Waals surface area contributed by atoms with E-state index in [0.29, 0.717) is 11.4 Å². The smallest absolute Gasteiger partial charge is 0.335 e. The number of aromatic nitrogens is 2. The molecule has 1 fully saturated rings. The molecule has 1 saturated heterocycles. The Bertz CT molecular complexity index is 1110. The first-order chi connectivity index (χ1) is 15.3. The summed E-state index contributed by atoms with van der Waals surface area (Å²) in [7, 11) is 0. The highest BCUT2D eigenvalue weighted by Gasteiger charge is 2.32. The monoisotopic (exact) mass is 440 g/mol. The zero-order chi connectivity index (χ0) is 22.7. The SMILES string of the molecule is O=C(c1cnc(-c2ccccc2)nc1)N1CCN(C(=O)c2cccc(C(F)(F)F)c2)CC1. The molecule has 1 aliphatic rings. The lowest BCUT2D eigenvalue weighted by molar-refractivity contribution is -0.137. The quantitative estimate of drug-likeness (QED) is 0.622. The summed E-state index contributed by atoms with van der Waals surface area (Å²) in [5.74, 6) is -0.229. The average Bonchev–Trinajstić information content (AvgIpc) is 2.83. The van der Waals surface area contributed by atoms with Gasteiger partial charge in [-0.1, -0.05) is 36.4 Å². The third kappa shape index (κ3) is 4.61. The Hall–Kier alpha value is -3.75. The second-order valence-corrected chi connectivity index (χ2v) is 7.32. The van der Waals surface area contributed by atoms with Crippen molar-refractivity contribution in [2.45, 2.75) is 6.18 Å². The molecule has 0 bridgehead atoms. The first kappa shape index (κ1) is 21.5. The van der Waals surface area contributed by atoms with Gasteiger partial charge in [0.1, 0.15) is 0 Å². The van der Waals surface area contributed by atoms with Crippen LogP contribution in [-0.4, -0.2) is 57.8 Å². The maximum Gasteiger partial charge on any atom is 0.416 e. The molecule has 6 nitrogen and oxygen atoms in total. The Morgan fingerprint density at radius 3 is 1.88 bits per heavy atom. The molecule has 0 spiro atoms. The second kappa shape index (κ2) is 8.78. The Balaban J connectivity index is 1.38. The molecular weight excluding hydrogens is 421 g/mol. The van der Waals surface area contributed by atoms with E-state index in [-0.39, 0.29) is 37.6 Å². The van der Waals surface area contributed by atoms with Gasteiger partial charge in [0, 0.05) is 49.7 Å². The number of alkyl halides is 3. The van der Waals surface area contributed by atoms with Crippen molar-refractivity contribution in [1.82, 2.24) is 19.8 Å². The van der Waals surface area contributed by atoms with Gasteiger partial charge in [-0.25, -0.2) is 9.97 Å². The molecule has 2 aromatic carbocycles. The average molecular weight is 440 g/mol. The minimum Gasteiger partial charge on any atom is -0.335 e. The molecule has 0 unspecified atom stereocenters. The maximum atomic E-state index is 12.9. The second-order valence-electron chi connectivity index (χ2n) is 7.32. The van der Waals surface area contributed by atoms with Crippen molar-refractivity contribution >= 4 is 11.8 Å². The normalized spacial score (nSPS) is 14.3. The van der Waals surface area contributed by atoms with Crippen molar-refractivity contribution in [3.05, 3.63) is 83.7 Å². The fraction of sp³-hybridized carbons (Fsp3) is 0.217. The molecule has 4 rings (SSSR count). The largest absolute Gasteiger partial charge is 0.416 e. The number of halogens is 3. The molecular formula is C23H19F3N4O2. The predicted molar refractivity (Wildman–Crippen MR) is 111 cm³/mol. The fourth-order valence-electron chi connectivity index (χ4n) is 3.48. The van der Waals surface area contributed by atoms with Crippen molar-refractivity contribution in [1.29, 1.82) is 0 Å². The fourth-order valence-corrected chi connectivity index (χ4v) is 3.48. The van der Waals surface area contributed by atoms with Gasteiger partial charge < -0.3 is 9.80 Å². The van der Waals surface area contributed by atoms with Gasteiger partial charge in [-0.2, -0.15) is 13.2 Å². The summed E-state index contributed by atoms with van der Waals surface area (Å²) >= 11 is 0. The zero-order valence-corrected chi connectivity index (χ0v) is 16.9. The summed E-state index contributed by atoms with van der Waals surface area (Å²) in [6.45, 7) is 0.988. The van der Waals surface area contributed by atoms with Gasteiger partial charge >= 0.3 is 6.18 Å². The summed E-state index contributed by atoms with van der Waals surface area (Å²) in [4.78, 5) is 37.0. The van der Waals surface area contributed by atoms with E-state index in [1.54, 1.807) is 4.90 Å². The number of rotatable bonds is 3. The summed E-state index contributed by atoms with van der Waals surface area (Å²) in [6, 6.07) is 13.7. The Morgan fingerprint density at radius 1 is 0.750 bits per heavy atom. The van der Waals surface area contributed by atoms with Crippen LogP contribution in [-0.2, 0) is 6.18 Å². The number of hydrogen-bond acceptors (Lipinski definition) is 4. The number of benzene rings is 2. The number of carbonyl (C=O) groups excluding carboxylic acids is 2. The van der Waals surface area contributed by atoms with Crippen LogP contribution < -0.4 is 0 Å². The van der Waals surface area contributed by atoms with Gasteiger partial charge in [0.15, 0.2) is 5.82 Å². The summed E-state index contributed by atoms with van der Waals surface area (Å²) < 4.78 is 38.8. The molecule has 32 heavy (non-hydrogen) atoms. The van der Waals surface area contributed by atoms with Crippen LogP contribution in [0.1, 0.15) is 26.3 Å². The number of nitrogens with zero attached hydrogens (tertiary/aromatic N) is 4. The van der Waals surface area contributed by atoms with E-state index in [1.165, 1.54) is 29.4 Å². The predicted octanol–water partition coefficient (Wildman–Crippen LogP) is 3.76. The standard InChI is InChI=1S/C23H19F3N4O2/c24-23(25,26)19-8-4-7-17(13-19)21(31)29-9-11-30(12-10-29)22(32)18-14-27-20(28-15-18)16-5-2-1-3-6-16/h1-8,13-15H,9-12H2. The van der Waals surface area contributed by atoms with Crippen LogP contribution in [0.15, 0.2) is 67.0 Å². The molecule has 0 N–H and O–H groups in total. The highest BCUT2D eigenvalue weighted by atomic mass is 19.4. The minimum absolute atomic E-state index is 0.0236. The minimum atomic E-state index is -4.51. The van der Waals surface area contributed by atoms with Gasteiger partial charge in [0.05, 0.1) is 11.1 Å². The molecule has 0 radical (unpaired) electrons. The van der Waals surface area contributed by atoms with E-state index in [1.807, 2.05) is 30.3 Å². The van der Waals surface area contributed by atoms with Crippen molar-refractivity contribution in [2.24, 2.45) is 0 Å². The van der Waals surface area contributed by atoms with Gasteiger partial charge in [0.25, 0.3) is 11.8 Å². The molecule has 0 aliphatic carbocycles. The van der Waals surface area contributed by atoms with Gasteiger partial charge in [-0.3, -0.25) is 9.59 Å². The molecule has 9 heteroatoms. The van der Waals surface area contributed by atoms with Crippen LogP contribution in [0, 0.1) is 0 Å². The molecule has 1 aromatic heterocycles. The van der Waals surface area contributed by atoms with Crippen molar-refractivity contribution in [3.63, 3.8) is 0 Å². The molecule has 0 saturated carbocycles. The molecule has 1 aliphatic heterocycles. The van der Waals surface area contributed by atoms with E-state index in [0.717, 1.165) is 17.7 Å². The number of piperazine rings is 1. The summed E-state index contributed by atoms with van der Waals surface area (Å²) in [5, 5.41) is 0. The molecule has 3 aromatic rings. The van der Waals surface area contributed by atoms with Crippen LogP contribution in [0.25, 0.3) is 11.4 Å². The molecule has 0 atom stereocenters. The zero-order valence-electron chi connectivity index (χ0n) is 16.9. The van der Waals surface area contributed by atoms with Gasteiger partial charge in [0.2, 0.25) is 0 Å². The van der Waals surface area contributed by atoms with Crippen molar-refractivity contribution in [2.75, 3.05) is 26.2 Å². The molecule has 2 amide bonds. The highest BCUT2D eigenvalue weighted by Crippen LogP contribution is 2.29. The van der Waals surface area contributed by atoms with Crippen LogP contribution in [0.5, 0.6) is 0 Å². The van der Waals surface area contributed by atoms with Crippen molar-refractivity contribution < 1.29 is 22.8 Å². The van der Waals surface area contributed by atoms with E-state index in [9.17, 15) is 22.8 Å². The lowest BCUT2D eigenvalue weighted by Crippen LogP contribution is -2.50. The van der Waals surface area contributed by atoms with E-state index in [2.05, 4.69) is 9.97 Å². The van der Waals surface area contributed by atoms with Crippen LogP contribution in [0.2, 0.25) is 0 Å². The number of carbonyl (C=O) groups is 2. The maximum absolute atomic E-state index is 12.9. The third-order valence-electron chi connectivity index (χ3n) is 5.22. The Labute approximate surface area is 182 Å². The van der Waals surface area contributed by atoms with E-state index in [4.69, 9.17) is 0 Å². The summed E-state index contributed by atoms with van der Waals surface area (Å²) in [6.07, 6.45) is -1.57. The van der Waals surface area contributed by atoms with Crippen LogP contribution in [0.4, 0.5) is 13.2 Å². The highest BCUT2D eigenvalue weighted by molar-refractivity contribution is 5.96. The van der Waals surface area contributed by atoms with E-state index < -0.39 is 17.6 Å². The van der Waals surface area contributed by atoms with Gasteiger partial charge in [-0.05, 0) is 18.2 Å². The van der Waals surface area contributed by atoms with Crippen molar-refractivity contribution in [3.8, 4) is 11.4 Å². The number of hydrogen-bond donors (Lipinski definition) is 0. The third-order valence-corrected chi connectivity index (χ3v) is 5.22. The van der Waals surface area contributed by atoms with Crippen LogP contribution >= 0.6 is 0 Å². The van der Waals surface area contributed by atoms with E-state index >= 15 is 0 Å². The lowest BCUT2D eigenvalue weighted by atomic mass is 10.1. The topological polar surface area (TPSA) is 66.4 Å². The van der Waals surface area contributed by atoms with Crippen LogP contribution in [0.3, 0.4) is 0 Å². The molecule has 2 heterocycles. The Kier molecular flexibility index (Phi) is 5.89. The number of amides is 2. The first-order valence-electron chi connectivity index (χ1n) is 9.96. The summed E-state index contributed by atoms with van der Waals surface area (Å²) in [5.41, 5.74) is 0.288. The molecule has 164 valence electrons. The first-order valence-corrected chi connectivity index (χ1v) is 9.96. The lowest BCUT2D eigenvalue weighted by Gasteiger charge is -2.34. The van der Waals surface area contributed by atoms with Gasteiger partial charge in [-0.15, -0.1) is 0 Å².